The molecule has 0 aromatic heterocycles. The molecule has 0 aliphatic rings. The van der Waals surface area contributed by atoms with E-state index in [0.29, 0.717) is 0 Å². The van der Waals surface area contributed by atoms with Gasteiger partial charge in [0.05, 0.1) is 6.61 Å². The van der Waals surface area contributed by atoms with Gasteiger partial charge in [0.25, 0.3) is 0 Å². The Hall–Kier alpha value is -0.820. The van der Waals surface area contributed by atoms with Crippen LogP contribution in [0.15, 0.2) is 35.5 Å². The van der Waals surface area contributed by atoms with Crippen LogP contribution in [0.1, 0.15) is 33.6 Å². The molecule has 1 N–H and O–H groups in total. The maximum absolute atomic E-state index is 8.76. The molecule has 0 unspecified atom stereocenters. The number of allylic oxidation sites excluding steroid dienone is 4. The first kappa shape index (κ1) is 12.2. The maximum Gasteiger partial charge on any atom is 0.0618 e. The lowest BCUT2D eigenvalue weighted by Gasteiger charge is -2.04. The fraction of sp³-hybridized carbons (Fsp3) is 0.500. The molecular weight excluding hydrogens is 160 g/mol. The monoisotopic (exact) mass is 180 g/mol. The first-order valence-electron chi connectivity index (χ1n) is 4.67. The van der Waals surface area contributed by atoms with Gasteiger partial charge in [-0.25, -0.2) is 0 Å². The molecule has 0 radical (unpaired) electrons. The molecule has 0 fully saturated rings. The van der Waals surface area contributed by atoms with E-state index in [9.17, 15) is 0 Å². The second-order valence-electron chi connectivity index (χ2n) is 3.51. The number of hydrogen-bond acceptors (Lipinski definition) is 1. The fourth-order valence-electron chi connectivity index (χ4n) is 1.12. The molecule has 0 atom stereocenters. The largest absolute Gasteiger partial charge is 0.392 e. The van der Waals surface area contributed by atoms with Gasteiger partial charge < -0.3 is 5.11 Å². The summed E-state index contributed by atoms with van der Waals surface area (Å²) in [6.07, 6.45) is 6.04. The van der Waals surface area contributed by atoms with E-state index in [1.165, 1.54) is 11.1 Å². The molecule has 0 heterocycles. The van der Waals surface area contributed by atoms with Crippen LogP contribution in [-0.2, 0) is 0 Å². The number of hydrogen-bond donors (Lipinski definition) is 1. The second-order valence-corrected chi connectivity index (χ2v) is 3.51. The summed E-state index contributed by atoms with van der Waals surface area (Å²) in [7, 11) is 0. The van der Waals surface area contributed by atoms with E-state index in [0.717, 1.165) is 18.4 Å². The van der Waals surface area contributed by atoms with Gasteiger partial charge >= 0.3 is 0 Å². The van der Waals surface area contributed by atoms with Crippen LogP contribution in [0, 0.1) is 0 Å². The van der Waals surface area contributed by atoms with E-state index in [2.05, 4.69) is 26.5 Å². The summed E-state index contributed by atoms with van der Waals surface area (Å²) in [4.78, 5) is 0. The van der Waals surface area contributed by atoms with Gasteiger partial charge in [-0.15, -0.1) is 0 Å². The Kier molecular flexibility index (Phi) is 6.25. The molecule has 1 nitrogen and oxygen atoms in total. The van der Waals surface area contributed by atoms with Crippen molar-refractivity contribution in [3.8, 4) is 0 Å². The van der Waals surface area contributed by atoms with Crippen molar-refractivity contribution in [1.82, 2.24) is 0 Å². The highest BCUT2D eigenvalue weighted by Gasteiger charge is 1.95. The molecule has 13 heavy (non-hydrogen) atoms. The van der Waals surface area contributed by atoms with Crippen molar-refractivity contribution >= 4 is 0 Å². The highest BCUT2D eigenvalue weighted by Crippen LogP contribution is 2.14. The average Bonchev–Trinajstić information content (AvgIpc) is 2.02. The van der Waals surface area contributed by atoms with Crippen LogP contribution >= 0.6 is 0 Å². The molecule has 0 spiro atoms. The normalized spacial score (nSPS) is 11.2. The van der Waals surface area contributed by atoms with Crippen LogP contribution in [0.5, 0.6) is 0 Å². The Balaban J connectivity index is 4.06. The molecule has 0 aliphatic carbocycles. The van der Waals surface area contributed by atoms with Gasteiger partial charge in [-0.2, -0.15) is 0 Å². The van der Waals surface area contributed by atoms with Crippen LogP contribution in [0.3, 0.4) is 0 Å². The SMILES string of the molecule is C=C(C)/C(=C\CO)CCC=C(C)C. The predicted molar refractivity (Wildman–Crippen MR) is 58.6 cm³/mol. The summed E-state index contributed by atoms with van der Waals surface area (Å²) in [5, 5.41) is 8.76. The molecule has 0 aromatic rings. The standard InChI is InChI=1S/C12H20O/c1-10(2)6-5-7-12(8-9-13)11(3)4/h6,8,13H,3,5,7,9H2,1-2,4H3/b12-8-. The zero-order valence-corrected chi connectivity index (χ0v) is 8.93. The van der Waals surface area contributed by atoms with E-state index >= 15 is 0 Å². The number of rotatable bonds is 5. The first-order chi connectivity index (χ1) is 6.07. The van der Waals surface area contributed by atoms with Gasteiger partial charge in [-0.1, -0.05) is 29.9 Å². The summed E-state index contributed by atoms with van der Waals surface area (Å²) >= 11 is 0. The van der Waals surface area contributed by atoms with E-state index < -0.39 is 0 Å². The minimum Gasteiger partial charge on any atom is -0.392 e. The van der Waals surface area contributed by atoms with Crippen molar-refractivity contribution < 1.29 is 5.11 Å². The highest BCUT2D eigenvalue weighted by molar-refractivity contribution is 5.26. The van der Waals surface area contributed by atoms with Crippen LogP contribution in [0.4, 0.5) is 0 Å². The van der Waals surface area contributed by atoms with Crippen LogP contribution in [0.2, 0.25) is 0 Å². The van der Waals surface area contributed by atoms with Gasteiger partial charge in [0, 0.05) is 0 Å². The molecule has 0 rings (SSSR count). The smallest absolute Gasteiger partial charge is 0.0618 e. The zero-order valence-electron chi connectivity index (χ0n) is 8.93. The van der Waals surface area contributed by atoms with Crippen LogP contribution < -0.4 is 0 Å². The van der Waals surface area contributed by atoms with E-state index in [1.54, 1.807) is 0 Å². The third-order valence-corrected chi connectivity index (χ3v) is 1.85. The first-order valence-corrected chi connectivity index (χ1v) is 4.67. The Morgan fingerprint density at radius 2 is 1.85 bits per heavy atom. The predicted octanol–water partition coefficient (Wildman–Crippen LogP) is 3.23. The van der Waals surface area contributed by atoms with Gasteiger partial charge in [-0.05, 0) is 39.2 Å². The zero-order chi connectivity index (χ0) is 10.3. The average molecular weight is 180 g/mol. The van der Waals surface area contributed by atoms with Crippen molar-refractivity contribution in [3.05, 3.63) is 35.5 Å². The Labute approximate surface area is 81.5 Å². The summed E-state index contributed by atoms with van der Waals surface area (Å²) in [5.41, 5.74) is 3.56. The summed E-state index contributed by atoms with van der Waals surface area (Å²) < 4.78 is 0. The molecule has 0 bridgehead atoms. The second kappa shape index (κ2) is 6.67. The van der Waals surface area contributed by atoms with Crippen molar-refractivity contribution in [2.45, 2.75) is 33.6 Å². The van der Waals surface area contributed by atoms with Gasteiger partial charge in [0.15, 0.2) is 0 Å². The van der Waals surface area contributed by atoms with Gasteiger partial charge in [-0.3, -0.25) is 0 Å². The molecule has 0 saturated heterocycles. The minimum absolute atomic E-state index is 0.108. The van der Waals surface area contributed by atoms with Gasteiger partial charge in [0.1, 0.15) is 0 Å². The molecule has 0 aromatic carbocycles. The third kappa shape index (κ3) is 6.35. The van der Waals surface area contributed by atoms with Crippen molar-refractivity contribution in [1.29, 1.82) is 0 Å². The number of aliphatic hydroxyl groups is 1. The molecule has 0 amide bonds. The lowest BCUT2D eigenvalue weighted by atomic mass is 10.0. The lowest BCUT2D eigenvalue weighted by Crippen LogP contribution is -1.87. The Bertz CT molecular complexity index is 217. The minimum atomic E-state index is 0.108. The van der Waals surface area contributed by atoms with Crippen molar-refractivity contribution in [2.75, 3.05) is 6.61 Å². The maximum atomic E-state index is 8.76. The Morgan fingerprint density at radius 1 is 1.23 bits per heavy atom. The summed E-state index contributed by atoms with van der Waals surface area (Å²) in [5.74, 6) is 0. The van der Waals surface area contributed by atoms with E-state index in [-0.39, 0.29) is 6.61 Å². The third-order valence-electron chi connectivity index (χ3n) is 1.85. The lowest BCUT2D eigenvalue weighted by molar-refractivity contribution is 0.341. The summed E-state index contributed by atoms with van der Waals surface area (Å²) in [6, 6.07) is 0. The summed E-state index contributed by atoms with van der Waals surface area (Å²) in [6.45, 7) is 10.1. The molecule has 74 valence electrons. The van der Waals surface area contributed by atoms with E-state index in [1.807, 2.05) is 13.0 Å². The van der Waals surface area contributed by atoms with Gasteiger partial charge in [0.2, 0.25) is 0 Å². The quantitative estimate of drug-likeness (QED) is 0.508. The highest BCUT2D eigenvalue weighted by atomic mass is 16.2. The van der Waals surface area contributed by atoms with E-state index in [4.69, 9.17) is 5.11 Å². The Morgan fingerprint density at radius 3 is 2.23 bits per heavy atom. The van der Waals surface area contributed by atoms with Crippen molar-refractivity contribution in [3.63, 3.8) is 0 Å². The molecule has 1 heteroatoms. The topological polar surface area (TPSA) is 20.2 Å². The molecule has 0 aliphatic heterocycles. The fourth-order valence-corrected chi connectivity index (χ4v) is 1.12. The van der Waals surface area contributed by atoms with Crippen LogP contribution in [0.25, 0.3) is 0 Å². The number of aliphatic hydroxyl groups excluding tert-OH is 1. The molecule has 0 saturated carbocycles. The van der Waals surface area contributed by atoms with Crippen LogP contribution in [-0.4, -0.2) is 11.7 Å². The molecular formula is C12H20O. The van der Waals surface area contributed by atoms with Crippen molar-refractivity contribution in [2.24, 2.45) is 0 Å².